The molecule has 0 aliphatic heterocycles. The highest BCUT2D eigenvalue weighted by Crippen LogP contribution is 2.12. The van der Waals surface area contributed by atoms with Gasteiger partial charge in [-0.05, 0) is 18.2 Å². The Balaban J connectivity index is 2.29. The van der Waals surface area contributed by atoms with Crippen LogP contribution >= 0.6 is 11.6 Å². The number of aliphatic hydroxyl groups is 1. The van der Waals surface area contributed by atoms with Gasteiger partial charge in [0.15, 0.2) is 0 Å². The molecule has 2 N–H and O–H groups in total. The van der Waals surface area contributed by atoms with E-state index in [4.69, 9.17) is 16.3 Å². The minimum atomic E-state index is -0.900. The maximum atomic E-state index is 13.5. The molecule has 0 saturated carbocycles. The van der Waals surface area contributed by atoms with Crippen LogP contribution < -0.4 is 5.32 Å². The summed E-state index contributed by atoms with van der Waals surface area (Å²) in [6.07, 6.45) is 0.559. The summed E-state index contributed by atoms with van der Waals surface area (Å²) in [7, 11) is 1.45. The van der Waals surface area contributed by atoms with Crippen molar-refractivity contribution < 1.29 is 14.2 Å². The number of methoxy groups -OCH3 is 1. The second kappa shape index (κ2) is 9.81. The number of ether oxygens (including phenoxy) is 1. The lowest BCUT2D eigenvalue weighted by Gasteiger charge is -2.24. The Morgan fingerprint density at radius 2 is 2.33 bits per heavy atom. The van der Waals surface area contributed by atoms with Crippen LogP contribution in [0.5, 0.6) is 0 Å². The highest BCUT2D eigenvalue weighted by atomic mass is 35.5. The predicted octanol–water partition coefficient (Wildman–Crippen LogP) is 1.69. The van der Waals surface area contributed by atoms with Gasteiger partial charge in [-0.25, -0.2) is 4.39 Å². The summed E-state index contributed by atoms with van der Waals surface area (Å²) in [4.78, 5) is 5.85. The second-order valence-corrected chi connectivity index (χ2v) is 4.76. The Morgan fingerprint density at radius 3 is 2.95 bits per heavy atom. The van der Waals surface area contributed by atoms with Crippen LogP contribution in [-0.4, -0.2) is 56.0 Å². The quantitative estimate of drug-likeness (QED) is 0.413. The zero-order valence-electron chi connectivity index (χ0n) is 12.2. The molecule has 1 unspecified atom stereocenters. The van der Waals surface area contributed by atoms with E-state index in [0.29, 0.717) is 36.9 Å². The van der Waals surface area contributed by atoms with Gasteiger partial charge in [0.25, 0.3) is 0 Å². The molecule has 7 heteroatoms. The van der Waals surface area contributed by atoms with Crippen LogP contribution in [-0.2, 0) is 4.74 Å². The average Bonchev–Trinajstić information content (AvgIpc) is 2.47. The van der Waals surface area contributed by atoms with Crippen molar-refractivity contribution >= 4 is 17.8 Å². The molecule has 0 aliphatic rings. The smallest absolute Gasteiger partial charge is 0.215 e. The summed E-state index contributed by atoms with van der Waals surface area (Å²) < 4.78 is 18.3. The molecule has 21 heavy (non-hydrogen) atoms. The average molecular weight is 318 g/mol. The summed E-state index contributed by atoms with van der Waals surface area (Å²) in [6.45, 7) is 4.23. The zero-order chi connectivity index (χ0) is 15.7. The molecule has 5 nitrogen and oxygen atoms in total. The Bertz CT molecular complexity index is 460. The molecule has 0 bridgehead atoms. The minimum absolute atomic E-state index is 0.360. The minimum Gasteiger partial charge on any atom is -0.356 e. The van der Waals surface area contributed by atoms with E-state index < -0.39 is 12.2 Å². The molecule has 0 spiro atoms. The molecule has 0 amide bonds. The largest absolute Gasteiger partial charge is 0.356 e. The second-order valence-electron chi connectivity index (χ2n) is 4.33. The van der Waals surface area contributed by atoms with Gasteiger partial charge in [0.05, 0.1) is 6.67 Å². The molecule has 0 fully saturated rings. The van der Waals surface area contributed by atoms with Gasteiger partial charge in [-0.15, -0.1) is 0 Å². The number of rotatable bonds is 9. The van der Waals surface area contributed by atoms with E-state index in [2.05, 4.69) is 10.3 Å². The molecular formula is C14H21ClFN3O2. The summed E-state index contributed by atoms with van der Waals surface area (Å²) in [5, 5.41) is 13.0. The van der Waals surface area contributed by atoms with Crippen molar-refractivity contribution in [2.75, 3.05) is 33.4 Å². The van der Waals surface area contributed by atoms with Crippen LogP contribution in [0, 0.1) is 5.82 Å². The Kier molecular flexibility index (Phi) is 8.41. The monoisotopic (exact) mass is 317 g/mol. The van der Waals surface area contributed by atoms with Gasteiger partial charge in [-0.3, -0.25) is 15.2 Å². The fourth-order valence-corrected chi connectivity index (χ4v) is 1.85. The highest BCUT2D eigenvalue weighted by molar-refractivity contribution is 6.30. The Morgan fingerprint density at radius 1 is 1.57 bits per heavy atom. The fourth-order valence-electron chi connectivity index (χ4n) is 1.69. The van der Waals surface area contributed by atoms with Crippen molar-refractivity contribution in [3.05, 3.63) is 34.6 Å². The number of nitrogens with zero attached hydrogens (tertiary/aromatic N) is 2. The summed E-state index contributed by atoms with van der Waals surface area (Å²) in [5.41, 5.74) is 0.395. The molecule has 1 rings (SSSR count). The number of aliphatic hydroxyl groups excluding tert-OH is 1. The number of aliphatic imine (C=N–C) groups is 1. The molecule has 0 saturated heterocycles. The summed E-state index contributed by atoms with van der Waals surface area (Å²) in [6, 6.07) is 4.45. The molecule has 1 atom stereocenters. The first-order valence-corrected chi connectivity index (χ1v) is 7.06. The Labute approximate surface area is 129 Å². The molecule has 0 radical (unpaired) electrons. The van der Waals surface area contributed by atoms with Crippen LogP contribution in [0.4, 0.5) is 4.39 Å². The van der Waals surface area contributed by atoms with Crippen molar-refractivity contribution in [1.82, 2.24) is 10.2 Å². The number of nitrogens with one attached hydrogen (secondary N) is 1. The SMILES string of the molecule is CCN(CCNC/N=C/c1ccc(Cl)cc1F)C(O)OC. The van der Waals surface area contributed by atoms with E-state index in [-0.39, 0.29) is 0 Å². The number of hydrogen-bond donors (Lipinski definition) is 2. The van der Waals surface area contributed by atoms with E-state index >= 15 is 0 Å². The van der Waals surface area contributed by atoms with E-state index in [9.17, 15) is 9.50 Å². The predicted molar refractivity (Wildman–Crippen MR) is 82.1 cm³/mol. The summed E-state index contributed by atoms with van der Waals surface area (Å²) in [5.74, 6) is -0.397. The first-order chi connectivity index (χ1) is 10.1. The normalized spacial score (nSPS) is 13.2. The lowest BCUT2D eigenvalue weighted by Crippen LogP contribution is -2.40. The first kappa shape index (κ1) is 18.0. The molecule has 1 aromatic carbocycles. The van der Waals surface area contributed by atoms with Gasteiger partial charge in [-0.2, -0.15) is 0 Å². The molecule has 0 aromatic heterocycles. The third-order valence-electron chi connectivity index (χ3n) is 2.90. The van der Waals surface area contributed by atoms with Crippen LogP contribution in [0.15, 0.2) is 23.2 Å². The maximum absolute atomic E-state index is 13.5. The number of benzene rings is 1. The van der Waals surface area contributed by atoms with Crippen molar-refractivity contribution in [3.63, 3.8) is 0 Å². The zero-order valence-corrected chi connectivity index (χ0v) is 13.0. The fraction of sp³-hybridized carbons (Fsp3) is 0.500. The van der Waals surface area contributed by atoms with Gasteiger partial charge < -0.3 is 9.84 Å². The molecule has 0 aliphatic carbocycles. The van der Waals surface area contributed by atoms with Crippen molar-refractivity contribution in [1.29, 1.82) is 0 Å². The van der Waals surface area contributed by atoms with Crippen molar-refractivity contribution in [2.45, 2.75) is 13.3 Å². The van der Waals surface area contributed by atoms with E-state index in [1.54, 1.807) is 17.0 Å². The van der Waals surface area contributed by atoms with E-state index in [1.165, 1.54) is 19.4 Å². The van der Waals surface area contributed by atoms with Gasteiger partial charge in [0.1, 0.15) is 5.82 Å². The van der Waals surface area contributed by atoms with Gasteiger partial charge in [-0.1, -0.05) is 18.5 Å². The molecule has 1 aromatic rings. The first-order valence-electron chi connectivity index (χ1n) is 6.69. The maximum Gasteiger partial charge on any atom is 0.215 e. The third-order valence-corrected chi connectivity index (χ3v) is 3.14. The third kappa shape index (κ3) is 6.50. The van der Waals surface area contributed by atoms with Gasteiger partial charge in [0, 0.05) is 43.5 Å². The van der Waals surface area contributed by atoms with Crippen LogP contribution in [0.2, 0.25) is 5.02 Å². The van der Waals surface area contributed by atoms with Crippen LogP contribution in [0.25, 0.3) is 0 Å². The lowest BCUT2D eigenvalue weighted by molar-refractivity contribution is -0.174. The van der Waals surface area contributed by atoms with Crippen LogP contribution in [0.3, 0.4) is 0 Å². The van der Waals surface area contributed by atoms with Crippen molar-refractivity contribution in [2.24, 2.45) is 4.99 Å². The number of hydrogen-bond acceptors (Lipinski definition) is 5. The lowest BCUT2D eigenvalue weighted by atomic mass is 10.2. The van der Waals surface area contributed by atoms with E-state index in [1.807, 2.05) is 6.92 Å². The summed E-state index contributed by atoms with van der Waals surface area (Å²) >= 11 is 5.67. The van der Waals surface area contributed by atoms with Gasteiger partial charge >= 0.3 is 0 Å². The molecular weight excluding hydrogens is 297 g/mol. The van der Waals surface area contributed by atoms with Crippen molar-refractivity contribution in [3.8, 4) is 0 Å². The number of halogens is 2. The molecule has 0 heterocycles. The van der Waals surface area contributed by atoms with E-state index in [0.717, 1.165) is 0 Å². The van der Waals surface area contributed by atoms with Crippen LogP contribution in [0.1, 0.15) is 12.5 Å². The standard InChI is InChI=1S/C14H21ClFN3O2/c1-3-19(14(20)21-2)7-6-17-10-18-9-11-4-5-12(15)8-13(11)16/h4-5,8-9,14,17,20H,3,6-7,10H2,1-2H3/b18-9+. The topological polar surface area (TPSA) is 57.1 Å². The van der Waals surface area contributed by atoms with Gasteiger partial charge in [0.2, 0.25) is 6.41 Å². The molecule has 118 valence electrons. The highest BCUT2D eigenvalue weighted by Gasteiger charge is 2.11. The Hall–Kier alpha value is -1.05. The number of likely N-dealkylation sites (N-methyl/N-ethyl adjacent to an activating group) is 1.